The maximum Gasteiger partial charge on any atom is 0.0851 e. The van der Waals surface area contributed by atoms with Crippen LogP contribution in [0.4, 0.5) is 0 Å². The Morgan fingerprint density at radius 1 is 1.27 bits per heavy atom. The smallest absolute Gasteiger partial charge is 0.0851 e. The molecule has 1 aromatic carbocycles. The summed E-state index contributed by atoms with van der Waals surface area (Å²) in [6.07, 6.45) is 1.98. The zero-order chi connectivity index (χ0) is 10.3. The first kappa shape index (κ1) is 10.6. The SMILES string of the molecule is C1=NCCN1CCSCc1ccccc1. The average Bonchev–Trinajstić information content (AvgIpc) is 2.79. The van der Waals surface area contributed by atoms with Crippen LogP contribution in [0.3, 0.4) is 0 Å². The van der Waals surface area contributed by atoms with Gasteiger partial charge in [-0.2, -0.15) is 11.8 Å². The average molecular weight is 220 g/mol. The van der Waals surface area contributed by atoms with Gasteiger partial charge in [0.2, 0.25) is 0 Å². The predicted molar refractivity (Wildman–Crippen MR) is 67.5 cm³/mol. The number of hydrogen-bond donors (Lipinski definition) is 0. The normalized spacial score (nSPS) is 14.8. The monoisotopic (exact) mass is 220 g/mol. The second-order valence-electron chi connectivity index (χ2n) is 3.60. The van der Waals surface area contributed by atoms with Gasteiger partial charge in [0.15, 0.2) is 0 Å². The van der Waals surface area contributed by atoms with Gasteiger partial charge < -0.3 is 4.90 Å². The van der Waals surface area contributed by atoms with E-state index in [1.807, 2.05) is 18.1 Å². The van der Waals surface area contributed by atoms with Crippen LogP contribution in [-0.4, -0.2) is 36.6 Å². The van der Waals surface area contributed by atoms with Gasteiger partial charge in [-0.15, -0.1) is 0 Å². The van der Waals surface area contributed by atoms with Gasteiger partial charge in [0, 0.05) is 24.6 Å². The summed E-state index contributed by atoms with van der Waals surface area (Å²) in [5.74, 6) is 2.30. The van der Waals surface area contributed by atoms with Crippen LogP contribution in [0.5, 0.6) is 0 Å². The van der Waals surface area contributed by atoms with Crippen LogP contribution in [-0.2, 0) is 5.75 Å². The quantitative estimate of drug-likeness (QED) is 0.707. The lowest BCUT2D eigenvalue weighted by molar-refractivity contribution is 0.498. The molecule has 2 nitrogen and oxygen atoms in total. The van der Waals surface area contributed by atoms with Gasteiger partial charge >= 0.3 is 0 Å². The molecule has 3 heteroatoms. The molecule has 0 N–H and O–H groups in total. The number of rotatable bonds is 5. The van der Waals surface area contributed by atoms with Crippen LogP contribution in [0.25, 0.3) is 0 Å². The van der Waals surface area contributed by atoms with Crippen molar-refractivity contribution >= 4 is 18.1 Å². The number of aliphatic imine (C=N–C) groups is 1. The van der Waals surface area contributed by atoms with Gasteiger partial charge in [0.05, 0.1) is 12.9 Å². The number of benzene rings is 1. The maximum absolute atomic E-state index is 4.19. The first-order valence-corrected chi connectivity index (χ1v) is 6.46. The third kappa shape index (κ3) is 3.59. The molecule has 0 bridgehead atoms. The van der Waals surface area contributed by atoms with Crippen LogP contribution >= 0.6 is 11.8 Å². The Labute approximate surface area is 95.4 Å². The topological polar surface area (TPSA) is 15.6 Å². The van der Waals surface area contributed by atoms with Gasteiger partial charge in [0.1, 0.15) is 0 Å². The van der Waals surface area contributed by atoms with Crippen molar-refractivity contribution in [2.24, 2.45) is 4.99 Å². The molecule has 80 valence electrons. The summed E-state index contributed by atoms with van der Waals surface area (Å²) in [6.45, 7) is 3.20. The summed E-state index contributed by atoms with van der Waals surface area (Å²) in [5.41, 5.74) is 1.41. The molecule has 0 radical (unpaired) electrons. The molecule has 0 amide bonds. The Bertz CT molecular complexity index is 311. The van der Waals surface area contributed by atoms with E-state index in [0.29, 0.717) is 0 Å². The van der Waals surface area contributed by atoms with Crippen LogP contribution in [0.2, 0.25) is 0 Å². The molecule has 0 aliphatic carbocycles. The van der Waals surface area contributed by atoms with Crippen molar-refractivity contribution in [2.45, 2.75) is 5.75 Å². The molecule has 15 heavy (non-hydrogen) atoms. The van der Waals surface area contributed by atoms with Gasteiger partial charge in [-0.3, -0.25) is 4.99 Å². The molecule has 0 spiro atoms. The molecule has 0 unspecified atom stereocenters. The number of thioether (sulfide) groups is 1. The highest BCUT2D eigenvalue weighted by Crippen LogP contribution is 2.11. The van der Waals surface area contributed by atoms with E-state index in [4.69, 9.17) is 0 Å². The zero-order valence-electron chi connectivity index (χ0n) is 8.80. The van der Waals surface area contributed by atoms with Crippen molar-refractivity contribution in [3.8, 4) is 0 Å². The molecular weight excluding hydrogens is 204 g/mol. The predicted octanol–water partition coefficient (Wildman–Crippen LogP) is 2.26. The molecule has 1 aliphatic heterocycles. The standard InChI is InChI=1S/C12H16N2S/c1-2-4-12(5-3-1)10-15-9-8-14-7-6-13-11-14/h1-5,11H,6-10H2. The molecular formula is C12H16N2S. The lowest BCUT2D eigenvalue weighted by Gasteiger charge is -2.12. The van der Waals surface area contributed by atoms with Gasteiger partial charge in [-0.25, -0.2) is 0 Å². The molecule has 0 saturated heterocycles. The summed E-state index contributed by atoms with van der Waals surface area (Å²) in [7, 11) is 0. The lowest BCUT2D eigenvalue weighted by atomic mass is 10.2. The second-order valence-corrected chi connectivity index (χ2v) is 4.70. The molecule has 2 rings (SSSR count). The Morgan fingerprint density at radius 2 is 2.13 bits per heavy atom. The van der Waals surface area contributed by atoms with E-state index in [0.717, 1.165) is 25.4 Å². The fraction of sp³-hybridized carbons (Fsp3) is 0.417. The fourth-order valence-corrected chi connectivity index (χ4v) is 2.47. The molecule has 1 aromatic rings. The third-order valence-corrected chi connectivity index (χ3v) is 3.40. The van der Waals surface area contributed by atoms with E-state index in [-0.39, 0.29) is 0 Å². The van der Waals surface area contributed by atoms with Crippen LogP contribution in [0.1, 0.15) is 5.56 Å². The van der Waals surface area contributed by atoms with Crippen molar-refractivity contribution < 1.29 is 0 Å². The highest BCUT2D eigenvalue weighted by Gasteiger charge is 2.03. The van der Waals surface area contributed by atoms with Crippen LogP contribution < -0.4 is 0 Å². The van der Waals surface area contributed by atoms with E-state index in [2.05, 4.69) is 40.2 Å². The maximum atomic E-state index is 4.19. The molecule has 1 aliphatic rings. The van der Waals surface area contributed by atoms with Crippen molar-refractivity contribution in [2.75, 3.05) is 25.4 Å². The summed E-state index contributed by atoms with van der Waals surface area (Å²) in [6, 6.07) is 10.6. The van der Waals surface area contributed by atoms with Gasteiger partial charge in [-0.1, -0.05) is 30.3 Å². The first-order valence-electron chi connectivity index (χ1n) is 5.31. The van der Waals surface area contributed by atoms with E-state index in [1.54, 1.807) is 0 Å². The van der Waals surface area contributed by atoms with Gasteiger partial charge in [0.25, 0.3) is 0 Å². The summed E-state index contributed by atoms with van der Waals surface area (Å²) < 4.78 is 0. The molecule has 0 aromatic heterocycles. The Balaban J connectivity index is 1.61. The fourth-order valence-electron chi connectivity index (χ4n) is 1.53. The molecule has 0 saturated carbocycles. The number of hydrogen-bond acceptors (Lipinski definition) is 3. The van der Waals surface area contributed by atoms with Crippen molar-refractivity contribution in [1.82, 2.24) is 4.90 Å². The molecule has 0 atom stereocenters. The summed E-state index contributed by atoms with van der Waals surface area (Å²) >= 11 is 1.99. The highest BCUT2D eigenvalue weighted by molar-refractivity contribution is 7.98. The minimum absolute atomic E-state index is 0.976. The first-order chi connectivity index (χ1) is 7.45. The largest absolute Gasteiger partial charge is 0.360 e. The van der Waals surface area contributed by atoms with Crippen molar-refractivity contribution in [3.05, 3.63) is 35.9 Å². The highest BCUT2D eigenvalue weighted by atomic mass is 32.2. The van der Waals surface area contributed by atoms with E-state index >= 15 is 0 Å². The lowest BCUT2D eigenvalue weighted by Crippen LogP contribution is -2.22. The third-order valence-electron chi connectivity index (χ3n) is 2.40. The summed E-state index contributed by atoms with van der Waals surface area (Å²) in [4.78, 5) is 6.48. The van der Waals surface area contributed by atoms with E-state index in [1.165, 1.54) is 11.3 Å². The van der Waals surface area contributed by atoms with Crippen LogP contribution in [0, 0.1) is 0 Å². The van der Waals surface area contributed by atoms with E-state index < -0.39 is 0 Å². The summed E-state index contributed by atoms with van der Waals surface area (Å²) in [5, 5.41) is 0. The minimum atomic E-state index is 0.976. The molecule has 0 fully saturated rings. The molecule has 1 heterocycles. The van der Waals surface area contributed by atoms with Gasteiger partial charge in [-0.05, 0) is 5.56 Å². The Morgan fingerprint density at radius 3 is 2.87 bits per heavy atom. The second kappa shape index (κ2) is 5.81. The number of nitrogens with zero attached hydrogens (tertiary/aromatic N) is 2. The zero-order valence-corrected chi connectivity index (χ0v) is 9.62. The van der Waals surface area contributed by atoms with Crippen molar-refractivity contribution in [3.63, 3.8) is 0 Å². The van der Waals surface area contributed by atoms with Crippen molar-refractivity contribution in [1.29, 1.82) is 0 Å². The van der Waals surface area contributed by atoms with Crippen LogP contribution in [0.15, 0.2) is 35.3 Å². The Hall–Kier alpha value is -0.960. The van der Waals surface area contributed by atoms with E-state index in [9.17, 15) is 0 Å². The minimum Gasteiger partial charge on any atom is -0.360 e. The Kier molecular flexibility index (Phi) is 4.09.